The van der Waals surface area contributed by atoms with Gasteiger partial charge in [0, 0.05) is 18.5 Å². The van der Waals surface area contributed by atoms with Crippen LogP contribution in [0.15, 0.2) is 18.2 Å². The number of rotatable bonds is 3. The summed E-state index contributed by atoms with van der Waals surface area (Å²) in [6.45, 7) is 1.15. The molecule has 4 rings (SSSR count). The summed E-state index contributed by atoms with van der Waals surface area (Å²) in [5, 5.41) is 4.40. The third-order valence-electron chi connectivity index (χ3n) is 4.24. The summed E-state index contributed by atoms with van der Waals surface area (Å²) in [6, 6.07) is 7.26. The lowest BCUT2D eigenvalue weighted by Crippen LogP contribution is -2.25. The van der Waals surface area contributed by atoms with Crippen molar-refractivity contribution in [2.24, 2.45) is 0 Å². The average molecular weight is 276 g/mol. The number of para-hydroxylation sites is 1. The lowest BCUT2D eigenvalue weighted by Gasteiger charge is -2.12. The molecule has 0 bridgehead atoms. The number of hydrogen-bond donors (Lipinski definition) is 1. The lowest BCUT2D eigenvalue weighted by atomic mass is 10.1. The van der Waals surface area contributed by atoms with E-state index in [0.717, 1.165) is 29.0 Å². The topological polar surface area (TPSA) is 29.9 Å². The van der Waals surface area contributed by atoms with Gasteiger partial charge in [-0.15, -0.1) is 0 Å². The molecule has 4 heteroatoms. The Morgan fingerprint density at radius 3 is 2.95 bits per heavy atom. The SMILES string of the molecule is Clc1cccc2nc(CC3CCCN3)n(C3CC3)c12. The van der Waals surface area contributed by atoms with E-state index in [-0.39, 0.29) is 0 Å². The van der Waals surface area contributed by atoms with E-state index in [2.05, 4.69) is 16.0 Å². The zero-order valence-electron chi connectivity index (χ0n) is 10.9. The predicted octanol–water partition coefficient (Wildman–Crippen LogP) is 3.32. The van der Waals surface area contributed by atoms with Crippen LogP contribution < -0.4 is 5.32 Å². The van der Waals surface area contributed by atoms with Gasteiger partial charge in [0.1, 0.15) is 5.82 Å². The zero-order valence-corrected chi connectivity index (χ0v) is 11.7. The molecule has 3 nitrogen and oxygen atoms in total. The molecule has 2 fully saturated rings. The van der Waals surface area contributed by atoms with Crippen LogP contribution in [0, 0.1) is 0 Å². The highest BCUT2D eigenvalue weighted by Gasteiger charge is 2.30. The average Bonchev–Trinajstić information content (AvgIpc) is 2.97. The maximum absolute atomic E-state index is 6.39. The maximum atomic E-state index is 6.39. The van der Waals surface area contributed by atoms with Crippen molar-refractivity contribution in [3.8, 4) is 0 Å². The Morgan fingerprint density at radius 2 is 2.21 bits per heavy atom. The molecule has 2 aromatic rings. The van der Waals surface area contributed by atoms with Gasteiger partial charge < -0.3 is 9.88 Å². The smallest absolute Gasteiger partial charge is 0.111 e. The van der Waals surface area contributed by atoms with Gasteiger partial charge >= 0.3 is 0 Å². The number of imidazole rings is 1. The quantitative estimate of drug-likeness (QED) is 0.931. The second-order valence-corrected chi connectivity index (χ2v) is 6.14. The summed E-state index contributed by atoms with van der Waals surface area (Å²) in [5.41, 5.74) is 2.19. The molecule has 1 N–H and O–H groups in total. The van der Waals surface area contributed by atoms with Crippen molar-refractivity contribution in [2.75, 3.05) is 6.54 Å². The van der Waals surface area contributed by atoms with Crippen LogP contribution in [0.25, 0.3) is 11.0 Å². The predicted molar refractivity (Wildman–Crippen MR) is 77.7 cm³/mol. The lowest BCUT2D eigenvalue weighted by molar-refractivity contribution is 0.562. The van der Waals surface area contributed by atoms with E-state index in [1.807, 2.05) is 12.1 Å². The standard InChI is InChI=1S/C15H18ClN3/c16-12-4-1-5-13-15(12)19(11-6-7-11)14(18-13)9-10-3-2-8-17-10/h1,4-5,10-11,17H,2-3,6-9H2. The van der Waals surface area contributed by atoms with Gasteiger partial charge in [-0.2, -0.15) is 0 Å². The first-order chi connectivity index (χ1) is 9.33. The number of benzene rings is 1. The van der Waals surface area contributed by atoms with E-state index in [4.69, 9.17) is 16.6 Å². The molecule has 0 radical (unpaired) electrons. The molecule has 1 unspecified atom stereocenters. The summed E-state index contributed by atoms with van der Waals surface area (Å²) < 4.78 is 2.40. The van der Waals surface area contributed by atoms with Gasteiger partial charge in [0.25, 0.3) is 0 Å². The highest BCUT2D eigenvalue weighted by molar-refractivity contribution is 6.35. The molecule has 0 spiro atoms. The Kier molecular flexibility index (Phi) is 2.78. The molecule has 1 saturated heterocycles. The third kappa shape index (κ3) is 2.05. The van der Waals surface area contributed by atoms with Crippen molar-refractivity contribution in [1.29, 1.82) is 0 Å². The van der Waals surface area contributed by atoms with Gasteiger partial charge in [-0.05, 0) is 44.4 Å². The Morgan fingerprint density at radius 1 is 1.32 bits per heavy atom. The molecule has 1 aromatic heterocycles. The molecule has 100 valence electrons. The zero-order chi connectivity index (χ0) is 12.8. The van der Waals surface area contributed by atoms with Crippen LogP contribution in [0.1, 0.15) is 37.5 Å². The fourth-order valence-corrected chi connectivity index (χ4v) is 3.44. The molecular formula is C15H18ClN3. The third-order valence-corrected chi connectivity index (χ3v) is 4.54. The largest absolute Gasteiger partial charge is 0.324 e. The summed E-state index contributed by atoms with van der Waals surface area (Å²) >= 11 is 6.39. The van der Waals surface area contributed by atoms with Crippen molar-refractivity contribution in [3.63, 3.8) is 0 Å². The van der Waals surface area contributed by atoms with Crippen LogP contribution in [0.3, 0.4) is 0 Å². The van der Waals surface area contributed by atoms with Crippen molar-refractivity contribution in [3.05, 3.63) is 29.0 Å². The summed E-state index contributed by atoms with van der Waals surface area (Å²) in [5.74, 6) is 1.21. The van der Waals surface area contributed by atoms with Gasteiger partial charge in [-0.25, -0.2) is 4.98 Å². The highest BCUT2D eigenvalue weighted by atomic mass is 35.5. The molecule has 1 aromatic carbocycles. The molecule has 0 amide bonds. The molecule has 19 heavy (non-hydrogen) atoms. The Bertz CT molecular complexity index is 609. The summed E-state index contributed by atoms with van der Waals surface area (Å²) in [4.78, 5) is 4.84. The van der Waals surface area contributed by atoms with Crippen LogP contribution in [0.5, 0.6) is 0 Å². The van der Waals surface area contributed by atoms with Gasteiger partial charge in [0.15, 0.2) is 0 Å². The first kappa shape index (κ1) is 11.7. The first-order valence-electron chi connectivity index (χ1n) is 7.21. The van der Waals surface area contributed by atoms with Crippen molar-refractivity contribution in [1.82, 2.24) is 14.9 Å². The van der Waals surface area contributed by atoms with Crippen LogP contribution >= 0.6 is 11.6 Å². The van der Waals surface area contributed by atoms with Crippen LogP contribution in [-0.4, -0.2) is 22.1 Å². The molecule has 2 heterocycles. The summed E-state index contributed by atoms with van der Waals surface area (Å²) in [6.07, 6.45) is 6.11. The minimum Gasteiger partial charge on any atom is -0.324 e. The first-order valence-corrected chi connectivity index (χ1v) is 7.59. The van der Waals surface area contributed by atoms with Gasteiger partial charge in [0.2, 0.25) is 0 Å². The number of nitrogens with zero attached hydrogens (tertiary/aromatic N) is 2. The van der Waals surface area contributed by atoms with Crippen molar-refractivity contribution < 1.29 is 0 Å². The molecule has 1 aliphatic carbocycles. The second kappa shape index (κ2) is 4.50. The van der Waals surface area contributed by atoms with Crippen LogP contribution in [0.4, 0.5) is 0 Å². The van der Waals surface area contributed by atoms with E-state index in [0.29, 0.717) is 12.1 Å². The maximum Gasteiger partial charge on any atom is 0.111 e. The number of aromatic nitrogens is 2. The van der Waals surface area contributed by atoms with E-state index in [9.17, 15) is 0 Å². The Balaban J connectivity index is 1.80. The highest BCUT2D eigenvalue weighted by Crippen LogP contribution is 2.40. The second-order valence-electron chi connectivity index (χ2n) is 5.73. The summed E-state index contributed by atoms with van der Waals surface area (Å²) in [7, 11) is 0. The van der Waals surface area contributed by atoms with Gasteiger partial charge in [0.05, 0.1) is 16.1 Å². The van der Waals surface area contributed by atoms with Crippen molar-refractivity contribution >= 4 is 22.6 Å². The van der Waals surface area contributed by atoms with Crippen LogP contribution in [0.2, 0.25) is 5.02 Å². The molecule has 2 aliphatic rings. The van der Waals surface area contributed by atoms with Gasteiger partial charge in [-0.1, -0.05) is 17.7 Å². The molecule has 1 atom stereocenters. The Hall–Kier alpha value is -1.06. The van der Waals surface area contributed by atoms with Crippen LogP contribution in [-0.2, 0) is 6.42 Å². The number of halogens is 1. The minimum absolute atomic E-state index is 0.591. The van der Waals surface area contributed by atoms with E-state index < -0.39 is 0 Å². The Labute approximate surface area is 118 Å². The van der Waals surface area contributed by atoms with Crippen molar-refractivity contribution in [2.45, 2.75) is 44.2 Å². The number of nitrogens with one attached hydrogen (secondary N) is 1. The molecule has 1 saturated carbocycles. The fraction of sp³-hybridized carbons (Fsp3) is 0.533. The molecular weight excluding hydrogens is 258 g/mol. The van der Waals surface area contributed by atoms with E-state index >= 15 is 0 Å². The van der Waals surface area contributed by atoms with E-state index in [1.54, 1.807) is 0 Å². The monoisotopic (exact) mass is 275 g/mol. The fourth-order valence-electron chi connectivity index (χ4n) is 3.18. The number of fused-ring (bicyclic) bond motifs is 1. The van der Waals surface area contributed by atoms with Gasteiger partial charge in [-0.3, -0.25) is 0 Å². The number of hydrogen-bond acceptors (Lipinski definition) is 2. The van der Waals surface area contributed by atoms with E-state index in [1.165, 1.54) is 31.5 Å². The normalized spacial score (nSPS) is 23.3. The molecule has 1 aliphatic heterocycles. The minimum atomic E-state index is 0.591.